The minimum atomic E-state index is 0.0552. The summed E-state index contributed by atoms with van der Waals surface area (Å²) >= 11 is 0. The molecule has 0 spiro atoms. The number of carbonyl (C=O) groups is 1. The van der Waals surface area contributed by atoms with Gasteiger partial charge in [-0.15, -0.1) is 5.10 Å². The highest BCUT2D eigenvalue weighted by Gasteiger charge is 2.11. The van der Waals surface area contributed by atoms with Crippen LogP contribution in [0.4, 0.5) is 0 Å². The summed E-state index contributed by atoms with van der Waals surface area (Å²) in [6.45, 7) is 0.538. The number of amides is 1. The van der Waals surface area contributed by atoms with Crippen molar-refractivity contribution >= 4 is 5.91 Å². The van der Waals surface area contributed by atoms with Gasteiger partial charge in [0, 0.05) is 26.0 Å². The van der Waals surface area contributed by atoms with Crippen LogP contribution < -0.4 is 0 Å². The highest BCUT2D eigenvalue weighted by molar-refractivity contribution is 5.78. The van der Waals surface area contributed by atoms with E-state index in [1.54, 1.807) is 20.5 Å². The molecule has 140 valence electrons. The lowest BCUT2D eigenvalue weighted by molar-refractivity contribution is -0.129. The number of nitrogens with zero attached hydrogens (tertiary/aromatic N) is 7. The van der Waals surface area contributed by atoms with Crippen molar-refractivity contribution < 1.29 is 4.79 Å². The van der Waals surface area contributed by atoms with Crippen LogP contribution in [0.15, 0.2) is 73.3 Å². The molecule has 0 aliphatic carbocycles. The Morgan fingerprint density at radius 3 is 2.57 bits per heavy atom. The molecule has 0 aliphatic heterocycles. The van der Waals surface area contributed by atoms with Gasteiger partial charge in [-0.05, 0) is 51.9 Å². The van der Waals surface area contributed by atoms with E-state index in [4.69, 9.17) is 0 Å². The van der Waals surface area contributed by atoms with Crippen LogP contribution in [0.3, 0.4) is 0 Å². The summed E-state index contributed by atoms with van der Waals surface area (Å²) in [5.41, 5.74) is 3.82. The highest BCUT2D eigenvalue weighted by Crippen LogP contribution is 2.13. The number of hydrogen-bond acceptors (Lipinski definition) is 5. The maximum absolute atomic E-state index is 12.6. The third-order valence-corrected chi connectivity index (χ3v) is 4.43. The molecule has 2 heterocycles. The number of carbonyl (C=O) groups excluding carboxylic acids is 1. The zero-order chi connectivity index (χ0) is 19.3. The van der Waals surface area contributed by atoms with Crippen molar-refractivity contribution in [1.82, 2.24) is 34.9 Å². The number of hydrogen-bond donors (Lipinski definition) is 0. The molecule has 0 fully saturated rings. The summed E-state index contributed by atoms with van der Waals surface area (Å²) < 4.78 is 3.38. The van der Waals surface area contributed by atoms with Crippen molar-refractivity contribution in [3.05, 3.63) is 84.4 Å². The standard InChI is InChI=1S/C20H19N7O/c1-25(14-17-4-2-5-19(12-17)26-11-3-10-22-26)20(28)13-16-6-8-18(9-7-16)27-15-21-23-24-27/h2-12,15H,13-14H2,1H3. The van der Waals surface area contributed by atoms with E-state index >= 15 is 0 Å². The average molecular weight is 373 g/mol. The molecular weight excluding hydrogens is 354 g/mol. The molecule has 28 heavy (non-hydrogen) atoms. The van der Waals surface area contributed by atoms with Crippen LogP contribution in [0.25, 0.3) is 11.4 Å². The Kier molecular flexibility index (Phi) is 4.92. The van der Waals surface area contributed by atoms with Crippen molar-refractivity contribution in [3.63, 3.8) is 0 Å². The second-order valence-corrected chi connectivity index (χ2v) is 6.47. The smallest absolute Gasteiger partial charge is 0.227 e. The molecule has 2 aromatic carbocycles. The van der Waals surface area contributed by atoms with E-state index in [1.807, 2.05) is 67.8 Å². The summed E-state index contributed by atoms with van der Waals surface area (Å²) in [5.74, 6) is 0.0552. The average Bonchev–Trinajstić information content (AvgIpc) is 3.43. The highest BCUT2D eigenvalue weighted by atomic mass is 16.2. The summed E-state index contributed by atoms with van der Waals surface area (Å²) in [4.78, 5) is 14.3. The minimum absolute atomic E-state index is 0.0552. The van der Waals surface area contributed by atoms with Gasteiger partial charge in [0.15, 0.2) is 0 Å². The van der Waals surface area contributed by atoms with E-state index in [9.17, 15) is 4.79 Å². The number of benzene rings is 2. The Morgan fingerprint density at radius 2 is 1.86 bits per heavy atom. The molecule has 0 aliphatic rings. The lowest BCUT2D eigenvalue weighted by Crippen LogP contribution is -2.27. The molecule has 0 N–H and O–H groups in total. The van der Waals surface area contributed by atoms with Crippen molar-refractivity contribution in [2.75, 3.05) is 7.05 Å². The second-order valence-electron chi connectivity index (χ2n) is 6.47. The fourth-order valence-corrected chi connectivity index (χ4v) is 2.94. The molecule has 0 unspecified atom stereocenters. The molecular formula is C20H19N7O. The third kappa shape index (κ3) is 3.96. The minimum Gasteiger partial charge on any atom is -0.341 e. The monoisotopic (exact) mass is 373 g/mol. The fraction of sp³-hybridized carbons (Fsp3) is 0.150. The number of likely N-dealkylation sites (N-methyl/N-ethyl adjacent to an activating group) is 1. The van der Waals surface area contributed by atoms with Gasteiger partial charge in [0.25, 0.3) is 0 Å². The molecule has 1 amide bonds. The second kappa shape index (κ2) is 7.83. The van der Waals surface area contributed by atoms with Gasteiger partial charge < -0.3 is 4.90 Å². The van der Waals surface area contributed by atoms with E-state index in [-0.39, 0.29) is 5.91 Å². The van der Waals surface area contributed by atoms with E-state index in [0.29, 0.717) is 13.0 Å². The van der Waals surface area contributed by atoms with Gasteiger partial charge >= 0.3 is 0 Å². The van der Waals surface area contributed by atoms with Crippen molar-refractivity contribution in [3.8, 4) is 11.4 Å². The molecule has 0 radical (unpaired) electrons. The van der Waals surface area contributed by atoms with Crippen LogP contribution in [0.2, 0.25) is 0 Å². The van der Waals surface area contributed by atoms with Crippen molar-refractivity contribution in [1.29, 1.82) is 0 Å². The molecule has 0 saturated heterocycles. The Balaban J connectivity index is 1.39. The quantitative estimate of drug-likeness (QED) is 0.517. The first kappa shape index (κ1) is 17.6. The van der Waals surface area contributed by atoms with Gasteiger partial charge in [0.1, 0.15) is 6.33 Å². The first-order valence-corrected chi connectivity index (χ1v) is 8.84. The fourth-order valence-electron chi connectivity index (χ4n) is 2.94. The lowest BCUT2D eigenvalue weighted by atomic mass is 10.1. The van der Waals surface area contributed by atoms with Crippen LogP contribution >= 0.6 is 0 Å². The zero-order valence-electron chi connectivity index (χ0n) is 15.4. The van der Waals surface area contributed by atoms with Crippen LogP contribution in [0.5, 0.6) is 0 Å². The molecule has 0 bridgehead atoms. The van der Waals surface area contributed by atoms with E-state index in [1.165, 1.54) is 6.33 Å². The summed E-state index contributed by atoms with van der Waals surface area (Å²) in [5, 5.41) is 15.3. The van der Waals surface area contributed by atoms with Crippen molar-refractivity contribution in [2.24, 2.45) is 0 Å². The molecule has 8 heteroatoms. The Morgan fingerprint density at radius 1 is 1.00 bits per heavy atom. The summed E-state index contributed by atoms with van der Waals surface area (Å²) in [7, 11) is 1.82. The Labute approximate surface area is 162 Å². The summed E-state index contributed by atoms with van der Waals surface area (Å²) in [6.07, 6.45) is 5.51. The van der Waals surface area contributed by atoms with E-state index < -0.39 is 0 Å². The van der Waals surface area contributed by atoms with Gasteiger partial charge in [0.2, 0.25) is 5.91 Å². The van der Waals surface area contributed by atoms with E-state index in [0.717, 1.165) is 22.5 Å². The first-order valence-electron chi connectivity index (χ1n) is 8.84. The van der Waals surface area contributed by atoms with Gasteiger partial charge in [0.05, 0.1) is 17.8 Å². The van der Waals surface area contributed by atoms with Gasteiger partial charge in [-0.2, -0.15) is 5.10 Å². The molecule has 4 aromatic rings. The molecule has 2 aromatic heterocycles. The van der Waals surface area contributed by atoms with Gasteiger partial charge in [-0.25, -0.2) is 9.36 Å². The zero-order valence-corrected chi connectivity index (χ0v) is 15.4. The number of rotatable bonds is 6. The Bertz CT molecular complexity index is 1040. The third-order valence-electron chi connectivity index (χ3n) is 4.43. The normalized spacial score (nSPS) is 10.8. The van der Waals surface area contributed by atoms with Crippen LogP contribution in [0, 0.1) is 0 Å². The van der Waals surface area contributed by atoms with Crippen LogP contribution in [-0.4, -0.2) is 47.8 Å². The number of aromatic nitrogens is 6. The molecule has 4 rings (SSSR count). The number of tetrazole rings is 1. The largest absolute Gasteiger partial charge is 0.341 e. The van der Waals surface area contributed by atoms with Crippen LogP contribution in [0.1, 0.15) is 11.1 Å². The maximum atomic E-state index is 12.6. The van der Waals surface area contributed by atoms with Crippen LogP contribution in [-0.2, 0) is 17.8 Å². The SMILES string of the molecule is CN(Cc1cccc(-n2cccn2)c1)C(=O)Cc1ccc(-n2cnnn2)cc1. The summed E-state index contributed by atoms with van der Waals surface area (Å²) in [6, 6.07) is 17.5. The lowest BCUT2D eigenvalue weighted by Gasteiger charge is -2.18. The predicted octanol–water partition coefficient (Wildman–Crippen LogP) is 2.05. The molecule has 8 nitrogen and oxygen atoms in total. The first-order chi connectivity index (χ1) is 13.7. The van der Waals surface area contributed by atoms with Gasteiger partial charge in [-0.1, -0.05) is 24.3 Å². The maximum Gasteiger partial charge on any atom is 0.227 e. The van der Waals surface area contributed by atoms with Crippen molar-refractivity contribution in [2.45, 2.75) is 13.0 Å². The topological polar surface area (TPSA) is 81.7 Å². The predicted molar refractivity (Wildman–Crippen MR) is 103 cm³/mol. The van der Waals surface area contributed by atoms with E-state index in [2.05, 4.69) is 20.6 Å². The van der Waals surface area contributed by atoms with Gasteiger partial charge in [-0.3, -0.25) is 4.79 Å². The molecule has 0 atom stereocenters. The Hall–Kier alpha value is -3.81. The molecule has 0 saturated carbocycles.